The molecule has 2 rings (SSSR count). The molecule has 0 radical (unpaired) electrons. The third-order valence-corrected chi connectivity index (χ3v) is 3.08. The molecule has 0 fully saturated rings. The van der Waals surface area contributed by atoms with Crippen molar-refractivity contribution in [1.82, 2.24) is 0 Å². The summed E-state index contributed by atoms with van der Waals surface area (Å²) in [4.78, 5) is 22.5. The van der Waals surface area contributed by atoms with E-state index in [1.165, 1.54) is 7.11 Å². The third kappa shape index (κ3) is 2.59. The SMILES string of the molecule is COc1ccc2c(C)c(CCC(=O)O)c(=O)oc2c1. The third-order valence-electron chi connectivity index (χ3n) is 3.08. The first-order valence-corrected chi connectivity index (χ1v) is 5.85. The Balaban J connectivity index is 2.55. The van der Waals surface area contributed by atoms with Crippen molar-refractivity contribution in [3.8, 4) is 5.75 Å². The molecule has 1 aromatic carbocycles. The van der Waals surface area contributed by atoms with Crippen LogP contribution < -0.4 is 10.4 Å². The topological polar surface area (TPSA) is 76.7 Å². The Morgan fingerprint density at radius 2 is 2.16 bits per heavy atom. The summed E-state index contributed by atoms with van der Waals surface area (Å²) in [5.41, 5.74) is 1.13. The summed E-state index contributed by atoms with van der Waals surface area (Å²) >= 11 is 0. The Labute approximate surface area is 109 Å². The van der Waals surface area contributed by atoms with Gasteiger partial charge in [0, 0.05) is 23.4 Å². The van der Waals surface area contributed by atoms with Gasteiger partial charge in [-0.1, -0.05) is 0 Å². The molecule has 0 spiro atoms. The molecule has 5 nitrogen and oxygen atoms in total. The molecule has 0 atom stereocenters. The molecular weight excluding hydrogens is 248 g/mol. The predicted octanol–water partition coefficient (Wildman–Crippen LogP) is 2.13. The van der Waals surface area contributed by atoms with Gasteiger partial charge in [0.1, 0.15) is 11.3 Å². The van der Waals surface area contributed by atoms with Gasteiger partial charge in [0.15, 0.2) is 0 Å². The van der Waals surface area contributed by atoms with Crippen LogP contribution in [-0.2, 0) is 11.2 Å². The van der Waals surface area contributed by atoms with E-state index in [1.54, 1.807) is 25.1 Å². The first-order chi connectivity index (χ1) is 9.02. The standard InChI is InChI=1S/C14H14O5/c1-8-10-4-3-9(18-2)7-12(10)19-14(17)11(8)5-6-13(15)16/h3-4,7H,5-6H2,1-2H3,(H,15,16). The Hall–Kier alpha value is -2.30. The number of rotatable bonds is 4. The van der Waals surface area contributed by atoms with E-state index in [-0.39, 0.29) is 12.8 Å². The van der Waals surface area contributed by atoms with E-state index in [4.69, 9.17) is 14.3 Å². The number of carboxylic acids is 1. The van der Waals surface area contributed by atoms with Gasteiger partial charge in [0.05, 0.1) is 7.11 Å². The zero-order valence-electron chi connectivity index (χ0n) is 10.7. The summed E-state index contributed by atoms with van der Waals surface area (Å²) in [6.07, 6.45) is 0.0821. The molecule has 0 bridgehead atoms. The van der Waals surface area contributed by atoms with Crippen LogP contribution >= 0.6 is 0 Å². The van der Waals surface area contributed by atoms with Gasteiger partial charge in [0.2, 0.25) is 0 Å². The van der Waals surface area contributed by atoms with E-state index >= 15 is 0 Å². The molecule has 0 saturated carbocycles. The van der Waals surface area contributed by atoms with Crippen molar-refractivity contribution in [1.29, 1.82) is 0 Å². The van der Waals surface area contributed by atoms with Crippen molar-refractivity contribution in [2.45, 2.75) is 19.8 Å². The molecule has 2 aromatic rings. The molecule has 1 aromatic heterocycles. The number of hydrogen-bond donors (Lipinski definition) is 1. The second kappa shape index (κ2) is 5.14. The number of benzene rings is 1. The minimum atomic E-state index is -0.936. The smallest absolute Gasteiger partial charge is 0.339 e. The van der Waals surface area contributed by atoms with Crippen LogP contribution in [0.25, 0.3) is 11.0 Å². The van der Waals surface area contributed by atoms with Crippen LogP contribution in [0.3, 0.4) is 0 Å². The number of fused-ring (bicyclic) bond motifs is 1. The summed E-state index contributed by atoms with van der Waals surface area (Å²) in [5, 5.41) is 9.48. The van der Waals surface area contributed by atoms with Gasteiger partial charge in [-0.25, -0.2) is 4.79 Å². The maximum absolute atomic E-state index is 11.9. The van der Waals surface area contributed by atoms with Crippen LogP contribution in [0.1, 0.15) is 17.5 Å². The molecule has 0 saturated heterocycles. The van der Waals surface area contributed by atoms with Crippen molar-refractivity contribution in [2.75, 3.05) is 7.11 Å². The highest BCUT2D eigenvalue weighted by atomic mass is 16.5. The lowest BCUT2D eigenvalue weighted by Crippen LogP contribution is -2.12. The number of hydrogen-bond acceptors (Lipinski definition) is 4. The molecule has 19 heavy (non-hydrogen) atoms. The van der Waals surface area contributed by atoms with E-state index in [1.807, 2.05) is 0 Å². The van der Waals surface area contributed by atoms with Crippen LogP contribution in [0.5, 0.6) is 5.75 Å². The largest absolute Gasteiger partial charge is 0.497 e. The van der Waals surface area contributed by atoms with Crippen LogP contribution in [0.15, 0.2) is 27.4 Å². The number of aryl methyl sites for hydroxylation is 1. The molecule has 0 amide bonds. The second-order valence-electron chi connectivity index (χ2n) is 4.25. The summed E-state index contributed by atoms with van der Waals surface area (Å²) in [5.74, 6) is -0.332. The second-order valence-corrected chi connectivity index (χ2v) is 4.25. The maximum Gasteiger partial charge on any atom is 0.339 e. The van der Waals surface area contributed by atoms with E-state index in [0.717, 1.165) is 10.9 Å². The van der Waals surface area contributed by atoms with Crippen LogP contribution in [0.2, 0.25) is 0 Å². The molecule has 5 heteroatoms. The lowest BCUT2D eigenvalue weighted by atomic mass is 10.0. The van der Waals surface area contributed by atoms with Gasteiger partial charge in [-0.15, -0.1) is 0 Å². The van der Waals surface area contributed by atoms with Crippen molar-refractivity contribution in [2.24, 2.45) is 0 Å². The quantitative estimate of drug-likeness (QED) is 0.854. The number of methoxy groups -OCH3 is 1. The van der Waals surface area contributed by atoms with Gasteiger partial charge < -0.3 is 14.3 Å². The molecule has 0 aliphatic heterocycles. The van der Waals surface area contributed by atoms with Crippen LogP contribution in [-0.4, -0.2) is 18.2 Å². The summed E-state index contributed by atoms with van der Waals surface area (Å²) < 4.78 is 10.3. The minimum absolute atomic E-state index is 0.0900. The fourth-order valence-electron chi connectivity index (χ4n) is 2.02. The monoisotopic (exact) mass is 262 g/mol. The molecule has 100 valence electrons. The summed E-state index contributed by atoms with van der Waals surface area (Å²) in [6.45, 7) is 1.79. The van der Waals surface area contributed by atoms with E-state index in [0.29, 0.717) is 16.9 Å². The molecule has 0 aliphatic carbocycles. The van der Waals surface area contributed by atoms with Gasteiger partial charge in [-0.2, -0.15) is 0 Å². The minimum Gasteiger partial charge on any atom is -0.497 e. The van der Waals surface area contributed by atoms with E-state index in [9.17, 15) is 9.59 Å². The molecule has 1 heterocycles. The summed E-state index contributed by atoms with van der Waals surface area (Å²) in [7, 11) is 1.54. The van der Waals surface area contributed by atoms with Crippen molar-refractivity contribution in [3.05, 3.63) is 39.7 Å². The normalized spacial score (nSPS) is 10.6. The highest BCUT2D eigenvalue weighted by Crippen LogP contribution is 2.24. The van der Waals surface area contributed by atoms with Gasteiger partial charge >= 0.3 is 11.6 Å². The number of aliphatic carboxylic acids is 1. The van der Waals surface area contributed by atoms with E-state index < -0.39 is 11.6 Å². The lowest BCUT2D eigenvalue weighted by molar-refractivity contribution is -0.136. The van der Waals surface area contributed by atoms with Crippen LogP contribution in [0.4, 0.5) is 0 Å². The molecular formula is C14H14O5. The highest BCUT2D eigenvalue weighted by Gasteiger charge is 2.13. The average molecular weight is 262 g/mol. The predicted molar refractivity (Wildman–Crippen MR) is 69.7 cm³/mol. The van der Waals surface area contributed by atoms with Crippen molar-refractivity contribution in [3.63, 3.8) is 0 Å². The van der Waals surface area contributed by atoms with Crippen molar-refractivity contribution >= 4 is 16.9 Å². The molecule has 0 unspecified atom stereocenters. The van der Waals surface area contributed by atoms with Gasteiger partial charge in [0.25, 0.3) is 0 Å². The number of carbonyl (C=O) groups is 1. The van der Waals surface area contributed by atoms with Gasteiger partial charge in [-0.3, -0.25) is 4.79 Å². The van der Waals surface area contributed by atoms with Crippen molar-refractivity contribution < 1.29 is 19.1 Å². The highest BCUT2D eigenvalue weighted by molar-refractivity contribution is 5.82. The van der Waals surface area contributed by atoms with Gasteiger partial charge in [-0.05, 0) is 31.0 Å². The molecule has 1 N–H and O–H groups in total. The van der Waals surface area contributed by atoms with E-state index in [2.05, 4.69) is 0 Å². The Kier molecular flexibility index (Phi) is 3.55. The Bertz CT molecular complexity index is 684. The first-order valence-electron chi connectivity index (χ1n) is 5.85. The average Bonchev–Trinajstić information content (AvgIpc) is 2.37. The number of ether oxygens (including phenoxy) is 1. The number of carboxylic acid groups (broad SMARTS) is 1. The fraction of sp³-hybridized carbons (Fsp3) is 0.286. The van der Waals surface area contributed by atoms with Crippen LogP contribution in [0, 0.1) is 6.92 Å². The summed E-state index contributed by atoms with van der Waals surface area (Å²) in [6, 6.07) is 5.22. The first kappa shape index (κ1) is 13.1. The maximum atomic E-state index is 11.9. The zero-order valence-corrected chi connectivity index (χ0v) is 10.7. The lowest BCUT2D eigenvalue weighted by Gasteiger charge is -2.07. The zero-order chi connectivity index (χ0) is 14.0. The Morgan fingerprint density at radius 3 is 2.79 bits per heavy atom. The fourth-order valence-corrected chi connectivity index (χ4v) is 2.02. The molecule has 0 aliphatic rings. The Morgan fingerprint density at radius 1 is 1.42 bits per heavy atom.